The van der Waals surface area contributed by atoms with Gasteiger partial charge in [-0.1, -0.05) is 36.4 Å². The smallest absolute Gasteiger partial charge is 0.383 e. The molecule has 0 aliphatic rings. The molecule has 2 aromatic carbocycles. The third kappa shape index (κ3) is 6.32. The van der Waals surface area contributed by atoms with Crippen LogP contribution >= 0.6 is 0 Å². The Morgan fingerprint density at radius 1 is 1.15 bits per heavy atom. The second kappa shape index (κ2) is 8.07. The SMILES string of the molecule is CS(=O)(=O)Oc1ccc(CC(O)NCc2ccccc2)c(C(F)(F)F)c1. The van der Waals surface area contributed by atoms with Gasteiger partial charge in [-0.3, -0.25) is 5.32 Å². The van der Waals surface area contributed by atoms with Crippen molar-refractivity contribution in [3.8, 4) is 5.75 Å². The molecule has 2 N–H and O–H groups in total. The van der Waals surface area contributed by atoms with Crippen LogP contribution in [0.4, 0.5) is 13.2 Å². The molecular formula is C17H18F3NO4S. The first-order chi connectivity index (χ1) is 12.0. The molecular weight excluding hydrogens is 371 g/mol. The van der Waals surface area contributed by atoms with Crippen molar-refractivity contribution in [3.05, 3.63) is 65.2 Å². The molecule has 142 valence electrons. The molecule has 0 bridgehead atoms. The molecule has 1 atom stereocenters. The van der Waals surface area contributed by atoms with Gasteiger partial charge < -0.3 is 9.29 Å². The highest BCUT2D eigenvalue weighted by atomic mass is 32.2. The summed E-state index contributed by atoms with van der Waals surface area (Å²) >= 11 is 0. The van der Waals surface area contributed by atoms with E-state index in [4.69, 9.17) is 0 Å². The first-order valence-corrected chi connectivity index (χ1v) is 9.41. The lowest BCUT2D eigenvalue weighted by atomic mass is 10.0. The summed E-state index contributed by atoms with van der Waals surface area (Å²) in [4.78, 5) is 0. The van der Waals surface area contributed by atoms with E-state index in [0.717, 1.165) is 24.0 Å². The second-order valence-corrected chi connectivity index (χ2v) is 7.27. The van der Waals surface area contributed by atoms with E-state index >= 15 is 0 Å². The molecule has 9 heteroatoms. The number of aliphatic hydroxyl groups excluding tert-OH is 1. The molecule has 0 aliphatic heterocycles. The monoisotopic (exact) mass is 389 g/mol. The number of rotatable bonds is 7. The Morgan fingerprint density at radius 2 is 1.81 bits per heavy atom. The van der Waals surface area contributed by atoms with Crippen molar-refractivity contribution in [2.24, 2.45) is 0 Å². The van der Waals surface area contributed by atoms with Crippen molar-refractivity contribution in [2.75, 3.05) is 6.26 Å². The van der Waals surface area contributed by atoms with Crippen molar-refractivity contribution < 1.29 is 30.9 Å². The van der Waals surface area contributed by atoms with Crippen LogP contribution in [0.5, 0.6) is 5.75 Å². The Kier molecular flexibility index (Phi) is 6.27. The molecule has 0 saturated carbocycles. The second-order valence-electron chi connectivity index (χ2n) is 5.69. The third-order valence-electron chi connectivity index (χ3n) is 3.43. The van der Waals surface area contributed by atoms with Crippen molar-refractivity contribution >= 4 is 10.1 Å². The molecule has 2 aromatic rings. The lowest BCUT2D eigenvalue weighted by Gasteiger charge is -2.18. The number of nitrogens with one attached hydrogen (secondary N) is 1. The number of halogens is 3. The van der Waals surface area contributed by atoms with Crippen molar-refractivity contribution in [3.63, 3.8) is 0 Å². The van der Waals surface area contributed by atoms with Gasteiger partial charge in [-0.15, -0.1) is 0 Å². The molecule has 0 radical (unpaired) electrons. The van der Waals surface area contributed by atoms with E-state index in [2.05, 4.69) is 9.50 Å². The molecule has 0 spiro atoms. The standard InChI is InChI=1S/C17H18F3NO4S/c1-26(23,24)25-14-8-7-13(15(10-14)17(18,19)20)9-16(22)21-11-12-5-3-2-4-6-12/h2-8,10,16,21-22H,9,11H2,1H3. The van der Waals surface area contributed by atoms with Gasteiger partial charge in [0.15, 0.2) is 0 Å². The number of alkyl halides is 3. The quantitative estimate of drug-likeness (QED) is 0.563. The van der Waals surface area contributed by atoms with Gasteiger partial charge in [0.2, 0.25) is 0 Å². The lowest BCUT2D eigenvalue weighted by Crippen LogP contribution is -2.31. The highest BCUT2D eigenvalue weighted by Crippen LogP contribution is 2.35. The van der Waals surface area contributed by atoms with Crippen molar-refractivity contribution in [1.82, 2.24) is 5.32 Å². The van der Waals surface area contributed by atoms with Crippen LogP contribution in [0.25, 0.3) is 0 Å². The summed E-state index contributed by atoms with van der Waals surface area (Å²) in [5.41, 5.74) is -0.356. The number of benzene rings is 2. The van der Waals surface area contributed by atoms with E-state index in [1.54, 1.807) is 0 Å². The average molecular weight is 389 g/mol. The van der Waals surface area contributed by atoms with Gasteiger partial charge in [0, 0.05) is 13.0 Å². The number of hydrogen-bond donors (Lipinski definition) is 2. The van der Waals surface area contributed by atoms with Crippen LogP contribution in [0.1, 0.15) is 16.7 Å². The fraction of sp³-hybridized carbons (Fsp3) is 0.294. The molecule has 26 heavy (non-hydrogen) atoms. The summed E-state index contributed by atoms with van der Waals surface area (Å²) in [6, 6.07) is 11.9. The van der Waals surface area contributed by atoms with Crippen LogP contribution in [-0.4, -0.2) is 26.0 Å². The minimum Gasteiger partial charge on any atom is -0.383 e. The number of aliphatic hydroxyl groups is 1. The topological polar surface area (TPSA) is 75.6 Å². The van der Waals surface area contributed by atoms with E-state index in [0.29, 0.717) is 12.6 Å². The minimum atomic E-state index is -4.72. The molecule has 0 amide bonds. The fourth-order valence-corrected chi connectivity index (χ4v) is 2.79. The van der Waals surface area contributed by atoms with Gasteiger partial charge in [0.05, 0.1) is 11.8 Å². The first kappa shape index (κ1) is 20.2. The van der Waals surface area contributed by atoms with Crippen LogP contribution in [0, 0.1) is 0 Å². The van der Waals surface area contributed by atoms with Crippen LogP contribution < -0.4 is 9.50 Å². The van der Waals surface area contributed by atoms with Crippen LogP contribution in [0.2, 0.25) is 0 Å². The number of hydrogen-bond acceptors (Lipinski definition) is 5. The molecule has 0 aliphatic carbocycles. The summed E-state index contributed by atoms with van der Waals surface area (Å²) in [5.74, 6) is -0.435. The average Bonchev–Trinajstić information content (AvgIpc) is 2.53. The zero-order chi connectivity index (χ0) is 19.4. The Bertz CT molecular complexity index is 839. The summed E-state index contributed by atoms with van der Waals surface area (Å²) in [7, 11) is -3.94. The van der Waals surface area contributed by atoms with Crippen LogP contribution in [-0.2, 0) is 29.3 Å². The predicted molar refractivity (Wildman–Crippen MR) is 89.9 cm³/mol. The molecule has 5 nitrogen and oxygen atoms in total. The van der Waals surface area contributed by atoms with Crippen molar-refractivity contribution in [1.29, 1.82) is 0 Å². The predicted octanol–water partition coefficient (Wildman–Crippen LogP) is 2.69. The van der Waals surface area contributed by atoms with Crippen LogP contribution in [0.3, 0.4) is 0 Å². The Labute approximate surface area is 149 Å². The first-order valence-electron chi connectivity index (χ1n) is 7.59. The summed E-state index contributed by atoms with van der Waals surface area (Å²) < 4.78 is 66.4. The van der Waals surface area contributed by atoms with Gasteiger partial charge in [-0.25, -0.2) is 0 Å². The zero-order valence-corrected chi connectivity index (χ0v) is 14.6. The van der Waals surface area contributed by atoms with Gasteiger partial charge in [0.25, 0.3) is 0 Å². The summed E-state index contributed by atoms with van der Waals surface area (Å²) in [6.45, 7) is 0.290. The minimum absolute atomic E-state index is 0.175. The highest BCUT2D eigenvalue weighted by Gasteiger charge is 2.34. The molecule has 0 fully saturated rings. The van der Waals surface area contributed by atoms with E-state index < -0.39 is 33.8 Å². The van der Waals surface area contributed by atoms with E-state index in [1.165, 1.54) is 0 Å². The highest BCUT2D eigenvalue weighted by molar-refractivity contribution is 7.86. The molecule has 1 unspecified atom stereocenters. The fourth-order valence-electron chi connectivity index (χ4n) is 2.34. The maximum Gasteiger partial charge on any atom is 0.416 e. The van der Waals surface area contributed by atoms with E-state index in [-0.39, 0.29) is 12.0 Å². The van der Waals surface area contributed by atoms with Gasteiger partial charge >= 0.3 is 16.3 Å². The molecule has 0 heterocycles. The van der Waals surface area contributed by atoms with Gasteiger partial charge in [0.1, 0.15) is 12.0 Å². The van der Waals surface area contributed by atoms with E-state index in [1.807, 2.05) is 30.3 Å². The van der Waals surface area contributed by atoms with E-state index in [9.17, 15) is 26.7 Å². The Morgan fingerprint density at radius 3 is 2.38 bits per heavy atom. The maximum absolute atomic E-state index is 13.3. The normalized spacial score (nSPS) is 13.4. The van der Waals surface area contributed by atoms with Crippen LogP contribution in [0.15, 0.2) is 48.5 Å². The molecule has 0 saturated heterocycles. The third-order valence-corrected chi connectivity index (χ3v) is 3.93. The lowest BCUT2D eigenvalue weighted by molar-refractivity contribution is -0.138. The largest absolute Gasteiger partial charge is 0.416 e. The molecule has 2 rings (SSSR count). The summed E-state index contributed by atoms with van der Waals surface area (Å²) in [5, 5.41) is 12.7. The maximum atomic E-state index is 13.3. The molecule has 0 aromatic heterocycles. The van der Waals surface area contributed by atoms with Gasteiger partial charge in [-0.05, 0) is 23.3 Å². The van der Waals surface area contributed by atoms with Gasteiger partial charge in [-0.2, -0.15) is 21.6 Å². The Balaban J connectivity index is 2.14. The summed E-state index contributed by atoms with van der Waals surface area (Å²) in [6.07, 6.45) is -5.49. The van der Waals surface area contributed by atoms with Crippen molar-refractivity contribution in [2.45, 2.75) is 25.4 Å². The zero-order valence-electron chi connectivity index (χ0n) is 13.8. The Hall–Kier alpha value is -2.10.